The van der Waals surface area contributed by atoms with Gasteiger partial charge in [-0.25, -0.2) is 14.1 Å². The zero-order valence-corrected chi connectivity index (χ0v) is 19.4. The molecular weight excluding hydrogens is 463 g/mol. The predicted molar refractivity (Wildman–Crippen MR) is 131 cm³/mol. The van der Waals surface area contributed by atoms with Gasteiger partial charge in [-0.1, -0.05) is 6.07 Å². The van der Waals surface area contributed by atoms with Gasteiger partial charge in [0.2, 0.25) is 11.8 Å². The summed E-state index contributed by atoms with van der Waals surface area (Å²) < 4.78 is 23.3. The summed E-state index contributed by atoms with van der Waals surface area (Å²) in [6.07, 6.45) is 3.51. The fourth-order valence-electron chi connectivity index (χ4n) is 4.59. The van der Waals surface area contributed by atoms with Gasteiger partial charge in [0.15, 0.2) is 17.1 Å². The van der Waals surface area contributed by atoms with E-state index in [-0.39, 0.29) is 18.2 Å². The van der Waals surface area contributed by atoms with E-state index < -0.39 is 0 Å². The SMILES string of the molecule is N#CCc1ccc(N2CCN(CCn3ncc4c3nc(N)n3nc(-c5ccco5)nc43)CC2)c(F)c1. The molecule has 0 saturated carbocycles. The number of nitriles is 1. The molecule has 36 heavy (non-hydrogen) atoms. The molecule has 6 rings (SSSR count). The molecule has 4 aromatic heterocycles. The highest BCUT2D eigenvalue weighted by atomic mass is 19.1. The van der Waals surface area contributed by atoms with Crippen molar-refractivity contribution < 1.29 is 8.81 Å². The number of rotatable bonds is 6. The summed E-state index contributed by atoms with van der Waals surface area (Å²) in [6, 6.07) is 10.7. The molecule has 0 aliphatic carbocycles. The third-order valence-corrected chi connectivity index (χ3v) is 6.47. The lowest BCUT2D eigenvalue weighted by atomic mass is 10.1. The first-order valence-corrected chi connectivity index (χ1v) is 11.6. The standard InChI is InChI=1S/C24H23FN10O/c25-18-14-16(5-6-26)3-4-19(18)33-10-7-32(8-11-33)9-12-34-22-17(15-28-34)23-29-21(20-2-1-13-36-20)31-35(23)24(27)30-22/h1-4,13-15H,5,7-12H2,(H2,27,30). The molecule has 0 unspecified atom stereocenters. The second kappa shape index (κ2) is 8.94. The van der Waals surface area contributed by atoms with Crippen LogP contribution in [-0.2, 0) is 13.0 Å². The monoisotopic (exact) mass is 486 g/mol. The Balaban J connectivity index is 1.14. The van der Waals surface area contributed by atoms with Crippen LogP contribution in [0.1, 0.15) is 5.56 Å². The van der Waals surface area contributed by atoms with E-state index in [0.29, 0.717) is 40.7 Å². The van der Waals surface area contributed by atoms with E-state index >= 15 is 0 Å². The second-order valence-electron chi connectivity index (χ2n) is 8.67. The highest BCUT2D eigenvalue weighted by molar-refractivity contribution is 5.90. The van der Waals surface area contributed by atoms with Gasteiger partial charge in [0.1, 0.15) is 5.82 Å². The average Bonchev–Trinajstić information content (AvgIpc) is 3.63. The largest absolute Gasteiger partial charge is 0.461 e. The number of halogens is 1. The molecule has 0 spiro atoms. The van der Waals surface area contributed by atoms with Crippen molar-refractivity contribution in [1.82, 2.24) is 34.3 Å². The number of fused-ring (bicyclic) bond motifs is 3. The molecule has 1 aromatic carbocycles. The number of hydrogen-bond donors (Lipinski definition) is 1. The first-order chi connectivity index (χ1) is 17.6. The summed E-state index contributed by atoms with van der Waals surface area (Å²) in [7, 11) is 0. The van der Waals surface area contributed by atoms with Crippen molar-refractivity contribution in [3.8, 4) is 17.7 Å². The minimum atomic E-state index is -0.280. The zero-order chi connectivity index (χ0) is 24.6. The van der Waals surface area contributed by atoms with Gasteiger partial charge in [0.25, 0.3) is 0 Å². The van der Waals surface area contributed by atoms with Crippen LogP contribution in [0.2, 0.25) is 0 Å². The number of nitrogens with zero attached hydrogens (tertiary/aromatic N) is 9. The Bertz CT molecular complexity index is 1570. The number of furan rings is 1. The van der Waals surface area contributed by atoms with Crippen LogP contribution in [0.25, 0.3) is 28.3 Å². The Kier molecular flexibility index (Phi) is 5.46. The van der Waals surface area contributed by atoms with E-state index in [1.54, 1.807) is 30.7 Å². The number of hydrogen-bond acceptors (Lipinski definition) is 9. The van der Waals surface area contributed by atoms with Crippen molar-refractivity contribution in [3.63, 3.8) is 0 Å². The van der Waals surface area contributed by atoms with Crippen LogP contribution in [0.5, 0.6) is 0 Å². The molecule has 12 heteroatoms. The van der Waals surface area contributed by atoms with Crippen LogP contribution in [0.15, 0.2) is 47.2 Å². The molecule has 1 fully saturated rings. The topological polar surface area (TPSA) is 130 Å². The number of nitrogen functional groups attached to an aromatic ring is 1. The van der Waals surface area contributed by atoms with Gasteiger partial charge in [0.05, 0.1) is 42.6 Å². The van der Waals surface area contributed by atoms with Gasteiger partial charge in [-0.3, -0.25) is 4.90 Å². The third-order valence-electron chi connectivity index (χ3n) is 6.47. The Morgan fingerprint density at radius 2 is 1.94 bits per heavy atom. The summed E-state index contributed by atoms with van der Waals surface area (Å²) >= 11 is 0. The summed E-state index contributed by atoms with van der Waals surface area (Å²) in [5.41, 5.74) is 8.68. The summed E-state index contributed by atoms with van der Waals surface area (Å²) in [6.45, 7) is 4.43. The van der Waals surface area contributed by atoms with Crippen molar-refractivity contribution in [2.24, 2.45) is 0 Å². The highest BCUT2D eigenvalue weighted by Crippen LogP contribution is 2.24. The third kappa shape index (κ3) is 3.89. The Labute approximate surface area is 205 Å². The molecule has 1 saturated heterocycles. The Morgan fingerprint density at radius 3 is 2.69 bits per heavy atom. The highest BCUT2D eigenvalue weighted by Gasteiger charge is 2.21. The van der Waals surface area contributed by atoms with Crippen LogP contribution in [0, 0.1) is 17.1 Å². The minimum absolute atomic E-state index is 0.210. The van der Waals surface area contributed by atoms with Crippen molar-refractivity contribution in [2.75, 3.05) is 43.4 Å². The van der Waals surface area contributed by atoms with Crippen LogP contribution in [0.4, 0.5) is 16.0 Å². The predicted octanol–water partition coefficient (Wildman–Crippen LogP) is 2.34. The van der Waals surface area contributed by atoms with Crippen molar-refractivity contribution in [3.05, 3.63) is 54.2 Å². The van der Waals surface area contributed by atoms with E-state index in [1.807, 2.05) is 15.6 Å². The molecule has 2 N–H and O–H groups in total. The molecule has 0 amide bonds. The van der Waals surface area contributed by atoms with Crippen LogP contribution in [-0.4, -0.2) is 67.0 Å². The summed E-state index contributed by atoms with van der Waals surface area (Å²) in [5.74, 6) is 0.928. The van der Waals surface area contributed by atoms with Gasteiger partial charge >= 0.3 is 0 Å². The molecule has 1 aliphatic heterocycles. The maximum Gasteiger partial charge on any atom is 0.225 e. The summed E-state index contributed by atoms with van der Waals surface area (Å²) in [5, 5.41) is 18.5. The Hall–Kier alpha value is -4.50. The quantitative estimate of drug-likeness (QED) is 0.384. The van der Waals surface area contributed by atoms with E-state index in [2.05, 4.69) is 31.1 Å². The first kappa shape index (κ1) is 22.0. The van der Waals surface area contributed by atoms with E-state index in [9.17, 15) is 4.39 Å². The van der Waals surface area contributed by atoms with Crippen molar-refractivity contribution in [2.45, 2.75) is 13.0 Å². The normalized spacial score (nSPS) is 14.6. The number of piperazine rings is 1. The molecule has 1 aliphatic rings. The smallest absolute Gasteiger partial charge is 0.225 e. The van der Waals surface area contributed by atoms with Gasteiger partial charge in [-0.15, -0.1) is 5.10 Å². The zero-order valence-electron chi connectivity index (χ0n) is 19.4. The van der Waals surface area contributed by atoms with E-state index in [4.69, 9.17) is 15.4 Å². The summed E-state index contributed by atoms with van der Waals surface area (Å²) in [4.78, 5) is 13.5. The second-order valence-corrected chi connectivity index (χ2v) is 8.67. The lowest BCUT2D eigenvalue weighted by Crippen LogP contribution is -2.47. The van der Waals surface area contributed by atoms with Crippen molar-refractivity contribution >= 4 is 28.3 Å². The first-order valence-electron chi connectivity index (χ1n) is 11.6. The molecular formula is C24H23FN10O. The molecule has 5 heterocycles. The van der Waals surface area contributed by atoms with Gasteiger partial charge in [0, 0.05) is 32.7 Å². The number of nitrogens with two attached hydrogens (primary N) is 1. The van der Waals surface area contributed by atoms with Crippen LogP contribution >= 0.6 is 0 Å². The molecule has 0 atom stereocenters. The van der Waals surface area contributed by atoms with Gasteiger partial charge in [-0.05, 0) is 29.8 Å². The molecule has 5 aromatic rings. The fraction of sp³-hybridized carbons (Fsp3) is 0.292. The van der Waals surface area contributed by atoms with Crippen molar-refractivity contribution in [1.29, 1.82) is 5.26 Å². The van der Waals surface area contributed by atoms with E-state index in [1.165, 1.54) is 10.6 Å². The average molecular weight is 487 g/mol. The molecule has 11 nitrogen and oxygen atoms in total. The lowest BCUT2D eigenvalue weighted by Gasteiger charge is -2.36. The van der Waals surface area contributed by atoms with E-state index in [0.717, 1.165) is 38.1 Å². The van der Waals surface area contributed by atoms with Gasteiger partial charge < -0.3 is 15.1 Å². The molecule has 0 radical (unpaired) electrons. The molecule has 182 valence electrons. The number of anilines is 2. The number of aromatic nitrogens is 6. The molecule has 0 bridgehead atoms. The lowest BCUT2D eigenvalue weighted by molar-refractivity contribution is 0.245. The maximum atomic E-state index is 14.6. The van der Waals surface area contributed by atoms with Crippen LogP contribution < -0.4 is 10.6 Å². The number of benzene rings is 1. The van der Waals surface area contributed by atoms with Gasteiger partial charge in [-0.2, -0.15) is 19.9 Å². The minimum Gasteiger partial charge on any atom is -0.461 e. The maximum absolute atomic E-state index is 14.6. The fourth-order valence-corrected chi connectivity index (χ4v) is 4.59. The Morgan fingerprint density at radius 1 is 1.08 bits per heavy atom. The van der Waals surface area contributed by atoms with Crippen LogP contribution in [0.3, 0.4) is 0 Å².